The van der Waals surface area contributed by atoms with Crippen molar-refractivity contribution in [2.45, 2.75) is 40.2 Å². The summed E-state index contributed by atoms with van der Waals surface area (Å²) in [5.74, 6) is 0.406. The predicted molar refractivity (Wildman–Crippen MR) is 114 cm³/mol. The van der Waals surface area contributed by atoms with Crippen LogP contribution in [0.5, 0.6) is 0 Å². The number of hydrogen-bond donors (Lipinski definition) is 1. The molecule has 4 rings (SSSR count). The van der Waals surface area contributed by atoms with Crippen LogP contribution < -0.4 is 5.32 Å². The zero-order chi connectivity index (χ0) is 19.7. The number of aryl methyl sites for hydroxylation is 3. The Bertz CT molecular complexity index is 1180. The van der Waals surface area contributed by atoms with Crippen molar-refractivity contribution < 1.29 is 4.79 Å². The number of fused-ring (bicyclic) bond motifs is 2. The monoisotopic (exact) mass is 372 g/mol. The number of amides is 1. The van der Waals surface area contributed by atoms with Gasteiger partial charge in [0.25, 0.3) is 5.91 Å². The van der Waals surface area contributed by atoms with Gasteiger partial charge in [-0.1, -0.05) is 42.7 Å². The molecule has 0 aliphatic carbocycles. The van der Waals surface area contributed by atoms with Gasteiger partial charge in [0.15, 0.2) is 11.5 Å². The van der Waals surface area contributed by atoms with Crippen molar-refractivity contribution in [2.75, 3.05) is 5.32 Å². The number of nitrogens with zero attached hydrogens (tertiary/aromatic N) is 3. The maximum absolute atomic E-state index is 12.8. The molecular weight excluding hydrogens is 348 g/mol. The maximum atomic E-state index is 12.8. The molecule has 0 unspecified atom stereocenters. The summed E-state index contributed by atoms with van der Waals surface area (Å²) in [5, 5.41) is 9.60. The second-order valence-electron chi connectivity index (χ2n) is 7.30. The molecule has 0 aliphatic rings. The smallest absolute Gasteiger partial charge is 0.256 e. The number of nitrogens with one attached hydrogen (secondary N) is 1. The summed E-state index contributed by atoms with van der Waals surface area (Å²) in [4.78, 5) is 17.6. The summed E-state index contributed by atoms with van der Waals surface area (Å²) in [6.07, 6.45) is 2.08. The van der Waals surface area contributed by atoms with E-state index in [4.69, 9.17) is 4.98 Å². The second kappa shape index (κ2) is 7.43. The van der Waals surface area contributed by atoms with Crippen molar-refractivity contribution >= 4 is 33.7 Å². The lowest BCUT2D eigenvalue weighted by atomic mass is 10.1. The van der Waals surface area contributed by atoms with Crippen LogP contribution in [0.2, 0.25) is 0 Å². The van der Waals surface area contributed by atoms with Crippen LogP contribution in [0.1, 0.15) is 41.3 Å². The van der Waals surface area contributed by atoms with Crippen LogP contribution in [0.4, 0.5) is 5.82 Å². The number of unbranched alkanes of at least 4 members (excludes halogenated alkanes) is 1. The third-order valence-corrected chi connectivity index (χ3v) is 4.91. The Hall–Kier alpha value is -3.21. The number of anilines is 1. The highest BCUT2D eigenvalue weighted by Gasteiger charge is 2.16. The fraction of sp³-hybridized carbons (Fsp3) is 0.261. The molecule has 0 radical (unpaired) electrons. The summed E-state index contributed by atoms with van der Waals surface area (Å²) in [7, 11) is 0. The van der Waals surface area contributed by atoms with E-state index in [0.29, 0.717) is 11.4 Å². The summed E-state index contributed by atoms with van der Waals surface area (Å²) < 4.78 is 1.91. The quantitative estimate of drug-likeness (QED) is 0.520. The first-order valence-corrected chi connectivity index (χ1v) is 9.71. The van der Waals surface area contributed by atoms with E-state index in [-0.39, 0.29) is 5.91 Å². The summed E-state index contributed by atoms with van der Waals surface area (Å²) in [6, 6.07) is 15.8. The minimum absolute atomic E-state index is 0.157. The van der Waals surface area contributed by atoms with Gasteiger partial charge in [-0.25, -0.2) is 9.67 Å². The molecule has 0 spiro atoms. The van der Waals surface area contributed by atoms with E-state index in [0.717, 1.165) is 46.9 Å². The van der Waals surface area contributed by atoms with E-state index < -0.39 is 0 Å². The minimum Gasteiger partial charge on any atom is -0.305 e. The van der Waals surface area contributed by atoms with Crippen LogP contribution in [0.3, 0.4) is 0 Å². The Morgan fingerprint density at radius 1 is 1.07 bits per heavy atom. The molecule has 5 nitrogen and oxygen atoms in total. The van der Waals surface area contributed by atoms with Crippen molar-refractivity contribution in [3.8, 4) is 0 Å². The first-order chi connectivity index (χ1) is 13.5. The number of carbonyl (C=O) groups is 1. The van der Waals surface area contributed by atoms with Crippen molar-refractivity contribution in [3.63, 3.8) is 0 Å². The van der Waals surface area contributed by atoms with Gasteiger partial charge < -0.3 is 5.32 Å². The molecule has 28 heavy (non-hydrogen) atoms. The summed E-state index contributed by atoms with van der Waals surface area (Å²) in [6.45, 7) is 6.97. The van der Waals surface area contributed by atoms with Crippen molar-refractivity contribution in [1.82, 2.24) is 14.8 Å². The summed E-state index contributed by atoms with van der Waals surface area (Å²) in [5.41, 5.74) is 4.60. The molecular formula is C23H24N4O. The van der Waals surface area contributed by atoms with Crippen LogP contribution in [0.25, 0.3) is 21.9 Å². The highest BCUT2D eigenvalue weighted by Crippen LogP contribution is 2.27. The van der Waals surface area contributed by atoms with E-state index in [2.05, 4.69) is 42.5 Å². The van der Waals surface area contributed by atoms with Crippen LogP contribution in [0.15, 0.2) is 48.5 Å². The maximum Gasteiger partial charge on any atom is 0.256 e. The molecule has 0 saturated heterocycles. The van der Waals surface area contributed by atoms with Gasteiger partial charge >= 0.3 is 0 Å². The SMILES string of the molecule is CCCCn1nc(NC(=O)c2cccc(C)c2)c2cc3cc(C)ccc3nc21. The zero-order valence-corrected chi connectivity index (χ0v) is 16.5. The van der Waals surface area contributed by atoms with Crippen LogP contribution in [-0.4, -0.2) is 20.7 Å². The number of carbonyl (C=O) groups excluding carboxylic acids is 1. The van der Waals surface area contributed by atoms with Gasteiger partial charge in [0.2, 0.25) is 0 Å². The highest BCUT2D eigenvalue weighted by atomic mass is 16.1. The molecule has 142 valence electrons. The van der Waals surface area contributed by atoms with E-state index in [1.807, 2.05) is 41.9 Å². The largest absolute Gasteiger partial charge is 0.305 e. The van der Waals surface area contributed by atoms with Crippen molar-refractivity contribution in [2.24, 2.45) is 0 Å². The van der Waals surface area contributed by atoms with Crippen molar-refractivity contribution in [3.05, 3.63) is 65.2 Å². The Morgan fingerprint density at radius 3 is 2.68 bits per heavy atom. The van der Waals surface area contributed by atoms with Crippen molar-refractivity contribution in [1.29, 1.82) is 0 Å². The lowest BCUT2D eigenvalue weighted by Crippen LogP contribution is -2.13. The van der Waals surface area contributed by atoms with Gasteiger partial charge in [-0.2, -0.15) is 5.10 Å². The number of benzene rings is 2. The normalized spacial score (nSPS) is 11.2. The number of aromatic nitrogens is 3. The minimum atomic E-state index is -0.157. The zero-order valence-electron chi connectivity index (χ0n) is 16.5. The Morgan fingerprint density at radius 2 is 1.89 bits per heavy atom. The van der Waals surface area contributed by atoms with Gasteiger partial charge in [-0.3, -0.25) is 4.79 Å². The number of pyridine rings is 1. The van der Waals surface area contributed by atoms with E-state index in [1.54, 1.807) is 0 Å². The van der Waals surface area contributed by atoms with Gasteiger partial charge in [0, 0.05) is 17.5 Å². The fourth-order valence-corrected chi connectivity index (χ4v) is 3.40. The van der Waals surface area contributed by atoms with E-state index in [1.165, 1.54) is 5.56 Å². The Labute approximate surface area is 164 Å². The van der Waals surface area contributed by atoms with Crippen LogP contribution in [0, 0.1) is 13.8 Å². The molecule has 1 amide bonds. The van der Waals surface area contributed by atoms with Gasteiger partial charge in [-0.05, 0) is 50.6 Å². The molecule has 2 heterocycles. The first-order valence-electron chi connectivity index (χ1n) is 9.71. The summed E-state index contributed by atoms with van der Waals surface area (Å²) >= 11 is 0. The standard InChI is InChI=1S/C23H24N4O/c1-4-5-11-27-22-19(14-18-13-16(3)9-10-20(18)24-22)21(26-27)25-23(28)17-8-6-7-15(2)12-17/h6-10,12-14H,4-5,11H2,1-3H3,(H,25,26,28). The Kier molecular flexibility index (Phi) is 4.82. The highest BCUT2D eigenvalue weighted by molar-refractivity contribution is 6.08. The molecule has 5 heteroatoms. The lowest BCUT2D eigenvalue weighted by molar-refractivity contribution is 0.102. The first kappa shape index (κ1) is 18.2. The third kappa shape index (κ3) is 3.48. The average Bonchev–Trinajstić information content (AvgIpc) is 3.01. The number of rotatable bonds is 5. The third-order valence-electron chi connectivity index (χ3n) is 4.91. The topological polar surface area (TPSA) is 59.8 Å². The molecule has 0 bridgehead atoms. The van der Waals surface area contributed by atoms with Gasteiger partial charge in [0.1, 0.15) is 0 Å². The average molecular weight is 372 g/mol. The van der Waals surface area contributed by atoms with Gasteiger partial charge in [-0.15, -0.1) is 0 Å². The molecule has 0 aliphatic heterocycles. The molecule has 4 aromatic rings. The Balaban J connectivity index is 1.80. The lowest BCUT2D eigenvalue weighted by Gasteiger charge is -2.04. The van der Waals surface area contributed by atoms with E-state index in [9.17, 15) is 4.79 Å². The van der Waals surface area contributed by atoms with Crippen LogP contribution in [-0.2, 0) is 6.54 Å². The molecule has 0 saturated carbocycles. The van der Waals surface area contributed by atoms with Gasteiger partial charge in [0.05, 0.1) is 10.9 Å². The van der Waals surface area contributed by atoms with E-state index >= 15 is 0 Å². The second-order valence-corrected chi connectivity index (χ2v) is 7.30. The van der Waals surface area contributed by atoms with Crippen LogP contribution >= 0.6 is 0 Å². The molecule has 0 fully saturated rings. The molecule has 1 N–H and O–H groups in total. The fourth-order valence-electron chi connectivity index (χ4n) is 3.40. The number of hydrogen-bond acceptors (Lipinski definition) is 3. The predicted octanol–water partition coefficient (Wildman–Crippen LogP) is 5.25. The molecule has 0 atom stereocenters. The molecule has 2 aromatic carbocycles. The molecule has 2 aromatic heterocycles.